The fraction of sp³-hybridized carbons (Fsp3) is 0.500. The second-order valence-electron chi connectivity index (χ2n) is 4.65. The highest BCUT2D eigenvalue weighted by Gasteiger charge is 2.05. The van der Waals surface area contributed by atoms with E-state index in [9.17, 15) is 0 Å². The molecule has 1 aromatic rings. The van der Waals surface area contributed by atoms with Gasteiger partial charge in [0.05, 0.1) is 24.1 Å². The molecule has 0 fully saturated rings. The third-order valence-corrected chi connectivity index (χ3v) is 1.78. The topological polar surface area (TPSA) is 28.5 Å². The van der Waals surface area contributed by atoms with Crippen LogP contribution in [0.3, 0.4) is 0 Å². The Labute approximate surface area is 91.9 Å². The molecule has 15 heavy (non-hydrogen) atoms. The van der Waals surface area contributed by atoms with E-state index >= 15 is 0 Å². The minimum Gasteiger partial charge on any atom is -0.360 e. The van der Waals surface area contributed by atoms with Gasteiger partial charge in [-0.15, -0.1) is 0 Å². The summed E-state index contributed by atoms with van der Waals surface area (Å²) in [6, 6.07) is 5.94. The van der Waals surface area contributed by atoms with Crippen LogP contribution in [0.1, 0.15) is 26.5 Å². The second kappa shape index (κ2) is 4.91. The zero-order chi connectivity index (χ0) is 11.3. The van der Waals surface area contributed by atoms with Crippen molar-refractivity contribution in [3.8, 4) is 0 Å². The maximum absolute atomic E-state index is 4.43. The summed E-state index contributed by atoms with van der Waals surface area (Å²) in [7, 11) is 2.00. The largest absolute Gasteiger partial charge is 0.360 e. The molecule has 0 aliphatic carbocycles. The van der Waals surface area contributed by atoms with Crippen LogP contribution in [-0.4, -0.2) is 28.8 Å². The van der Waals surface area contributed by atoms with Gasteiger partial charge in [-0.05, 0) is 32.9 Å². The van der Waals surface area contributed by atoms with Crippen LogP contribution < -0.4 is 0 Å². The summed E-state index contributed by atoms with van der Waals surface area (Å²) in [6.07, 6.45) is 3.68. The first kappa shape index (κ1) is 11.7. The summed E-state index contributed by atoms with van der Waals surface area (Å²) < 4.78 is 0. The molecule has 1 rings (SSSR count). The molecule has 0 N–H and O–H groups in total. The molecule has 0 unspecified atom stereocenters. The Kier molecular flexibility index (Phi) is 3.83. The Hall–Kier alpha value is -1.38. The van der Waals surface area contributed by atoms with E-state index in [2.05, 4.69) is 30.7 Å². The van der Waals surface area contributed by atoms with Crippen LogP contribution in [0.2, 0.25) is 0 Å². The van der Waals surface area contributed by atoms with Crippen molar-refractivity contribution in [3.05, 3.63) is 30.1 Å². The number of nitrogens with zero attached hydrogens (tertiary/aromatic N) is 3. The molecule has 0 aromatic carbocycles. The summed E-state index contributed by atoms with van der Waals surface area (Å²) in [4.78, 5) is 10.7. The summed E-state index contributed by atoms with van der Waals surface area (Å²) in [5, 5.41) is 0. The smallest absolute Gasteiger partial charge is 0.0857 e. The molecule has 0 radical (unpaired) electrons. The molecule has 0 amide bonds. The lowest BCUT2D eigenvalue weighted by atomic mass is 10.1. The molecule has 0 atom stereocenters. The van der Waals surface area contributed by atoms with E-state index in [0.29, 0.717) is 0 Å². The summed E-state index contributed by atoms with van der Waals surface area (Å²) >= 11 is 0. The molecule has 1 heterocycles. The van der Waals surface area contributed by atoms with Crippen molar-refractivity contribution in [3.63, 3.8) is 0 Å². The number of hydrogen-bond acceptors (Lipinski definition) is 2. The van der Waals surface area contributed by atoms with Crippen LogP contribution in [0.4, 0.5) is 0 Å². The van der Waals surface area contributed by atoms with Crippen LogP contribution >= 0.6 is 0 Å². The second-order valence-corrected chi connectivity index (χ2v) is 4.65. The van der Waals surface area contributed by atoms with Gasteiger partial charge in [0.25, 0.3) is 0 Å². The van der Waals surface area contributed by atoms with Crippen molar-refractivity contribution in [1.82, 2.24) is 9.88 Å². The quantitative estimate of drug-likeness (QED) is 0.559. The first-order chi connectivity index (χ1) is 6.97. The lowest BCUT2D eigenvalue weighted by Crippen LogP contribution is -2.20. The van der Waals surface area contributed by atoms with Crippen LogP contribution in [0.15, 0.2) is 29.4 Å². The molecule has 0 saturated heterocycles. The molecule has 0 saturated carbocycles. The lowest BCUT2D eigenvalue weighted by Gasteiger charge is -2.16. The van der Waals surface area contributed by atoms with Gasteiger partial charge in [0, 0.05) is 13.2 Å². The fourth-order valence-corrected chi connectivity index (χ4v) is 1.06. The summed E-state index contributed by atoms with van der Waals surface area (Å²) in [5.74, 6) is 0. The van der Waals surface area contributed by atoms with E-state index in [-0.39, 0.29) is 5.54 Å². The fourth-order valence-electron chi connectivity index (χ4n) is 1.06. The van der Waals surface area contributed by atoms with Gasteiger partial charge in [0.1, 0.15) is 0 Å². The van der Waals surface area contributed by atoms with Gasteiger partial charge in [-0.2, -0.15) is 0 Å². The van der Waals surface area contributed by atoms with Gasteiger partial charge in [0.2, 0.25) is 0 Å². The first-order valence-corrected chi connectivity index (χ1v) is 5.13. The van der Waals surface area contributed by atoms with Gasteiger partial charge >= 0.3 is 0 Å². The van der Waals surface area contributed by atoms with Crippen LogP contribution in [-0.2, 0) is 6.54 Å². The highest BCUT2D eigenvalue weighted by molar-refractivity contribution is 5.55. The standard InChI is InChI=1S/C12H19N3/c1-12(2,3)14-10-15(4)9-11-7-5-6-8-13-11/h5-8,10H,9H2,1-4H3. The van der Waals surface area contributed by atoms with E-state index in [1.54, 1.807) is 0 Å². The predicted octanol–water partition coefficient (Wildman–Crippen LogP) is 2.34. The molecule has 3 heteroatoms. The highest BCUT2D eigenvalue weighted by atomic mass is 15.1. The zero-order valence-electron chi connectivity index (χ0n) is 9.94. The molecule has 0 aliphatic rings. The van der Waals surface area contributed by atoms with E-state index in [1.807, 2.05) is 42.7 Å². The highest BCUT2D eigenvalue weighted by Crippen LogP contribution is 2.05. The number of hydrogen-bond donors (Lipinski definition) is 0. The molecule has 0 bridgehead atoms. The molecular weight excluding hydrogens is 186 g/mol. The molecule has 3 nitrogen and oxygen atoms in total. The average Bonchev–Trinajstić information content (AvgIpc) is 2.15. The Bertz CT molecular complexity index is 311. The first-order valence-electron chi connectivity index (χ1n) is 5.13. The molecule has 1 aromatic heterocycles. The third-order valence-electron chi connectivity index (χ3n) is 1.78. The van der Waals surface area contributed by atoms with Crippen LogP contribution in [0, 0.1) is 0 Å². The predicted molar refractivity (Wildman–Crippen MR) is 63.9 cm³/mol. The van der Waals surface area contributed by atoms with E-state index in [1.165, 1.54) is 0 Å². The SMILES string of the molecule is CN(C=NC(C)(C)C)Cc1ccccn1. The molecule has 0 spiro atoms. The van der Waals surface area contributed by atoms with Gasteiger partial charge in [-0.1, -0.05) is 6.07 Å². The van der Waals surface area contributed by atoms with Gasteiger partial charge in [-0.25, -0.2) is 0 Å². The zero-order valence-corrected chi connectivity index (χ0v) is 9.94. The Morgan fingerprint density at radius 1 is 1.40 bits per heavy atom. The van der Waals surface area contributed by atoms with Crippen molar-refractivity contribution < 1.29 is 0 Å². The number of pyridine rings is 1. The lowest BCUT2D eigenvalue weighted by molar-refractivity contribution is 0.489. The van der Waals surface area contributed by atoms with E-state index in [0.717, 1.165) is 12.2 Å². The van der Waals surface area contributed by atoms with Crippen LogP contribution in [0.5, 0.6) is 0 Å². The third kappa shape index (κ3) is 5.15. The summed E-state index contributed by atoms with van der Waals surface area (Å²) in [6.45, 7) is 7.04. The van der Waals surface area contributed by atoms with Crippen LogP contribution in [0.25, 0.3) is 0 Å². The maximum Gasteiger partial charge on any atom is 0.0857 e. The summed E-state index contributed by atoms with van der Waals surface area (Å²) in [5.41, 5.74) is 1.04. The Balaban J connectivity index is 2.50. The van der Waals surface area contributed by atoms with Crippen molar-refractivity contribution in [1.29, 1.82) is 0 Å². The maximum atomic E-state index is 4.43. The minimum absolute atomic E-state index is 0.0155. The number of aliphatic imine (C=N–C) groups is 1. The average molecular weight is 205 g/mol. The Morgan fingerprint density at radius 3 is 2.67 bits per heavy atom. The van der Waals surface area contributed by atoms with Gasteiger partial charge in [-0.3, -0.25) is 9.98 Å². The molecule has 82 valence electrons. The number of rotatable bonds is 3. The van der Waals surface area contributed by atoms with Crippen molar-refractivity contribution in [2.45, 2.75) is 32.9 Å². The molecule has 0 aliphatic heterocycles. The normalized spacial score (nSPS) is 12.0. The number of aromatic nitrogens is 1. The van der Waals surface area contributed by atoms with Crippen molar-refractivity contribution in [2.75, 3.05) is 7.05 Å². The minimum atomic E-state index is -0.0155. The van der Waals surface area contributed by atoms with E-state index in [4.69, 9.17) is 0 Å². The van der Waals surface area contributed by atoms with Crippen molar-refractivity contribution in [2.24, 2.45) is 4.99 Å². The monoisotopic (exact) mass is 205 g/mol. The van der Waals surface area contributed by atoms with E-state index < -0.39 is 0 Å². The van der Waals surface area contributed by atoms with Crippen molar-refractivity contribution >= 4 is 6.34 Å². The Morgan fingerprint density at radius 2 is 2.13 bits per heavy atom. The molecular formula is C12H19N3. The van der Waals surface area contributed by atoms with Gasteiger partial charge < -0.3 is 4.90 Å². The van der Waals surface area contributed by atoms with Gasteiger partial charge in [0.15, 0.2) is 0 Å².